The van der Waals surface area contributed by atoms with Gasteiger partial charge < -0.3 is 9.84 Å². The molecule has 0 aliphatic carbocycles. The summed E-state index contributed by atoms with van der Waals surface area (Å²) < 4.78 is 4.87. The minimum atomic E-state index is -0.417. The fraction of sp³-hybridized carbons (Fsp3) is 0.125. The van der Waals surface area contributed by atoms with Crippen molar-refractivity contribution >= 4 is 11.6 Å². The number of aliphatic hydroxyl groups is 1. The number of ketones is 2. The van der Waals surface area contributed by atoms with Gasteiger partial charge in [0.15, 0.2) is 18.4 Å². The van der Waals surface area contributed by atoms with Crippen LogP contribution in [0.2, 0.25) is 0 Å². The van der Waals surface area contributed by atoms with Crippen LogP contribution in [0, 0.1) is 0 Å². The van der Waals surface area contributed by atoms with Crippen molar-refractivity contribution in [2.75, 3.05) is 6.79 Å². The Morgan fingerprint density at radius 1 is 0.850 bits per heavy atom. The Morgan fingerprint density at radius 3 is 1.95 bits per heavy atom. The molecule has 0 aliphatic rings. The second-order valence-electron chi connectivity index (χ2n) is 4.19. The molecule has 0 aromatic heterocycles. The van der Waals surface area contributed by atoms with Gasteiger partial charge in [0.05, 0.1) is 6.42 Å². The first-order chi connectivity index (χ1) is 9.70. The molecule has 4 nitrogen and oxygen atoms in total. The zero-order valence-corrected chi connectivity index (χ0v) is 10.8. The van der Waals surface area contributed by atoms with Gasteiger partial charge in [0.25, 0.3) is 0 Å². The van der Waals surface area contributed by atoms with Crippen molar-refractivity contribution in [3.63, 3.8) is 0 Å². The lowest BCUT2D eigenvalue weighted by molar-refractivity contribution is 0.0894. The number of carbonyl (C=O) groups excluding carboxylic acids is 2. The summed E-state index contributed by atoms with van der Waals surface area (Å²) in [5.74, 6) is 0.0270. The summed E-state index contributed by atoms with van der Waals surface area (Å²) in [5, 5.41) is 8.61. The number of Topliss-reactive ketones (excluding diaryl/α,β-unsaturated/α-hetero) is 2. The first kappa shape index (κ1) is 14.0. The van der Waals surface area contributed by atoms with E-state index in [9.17, 15) is 9.59 Å². The Balaban J connectivity index is 2.03. The molecule has 2 aromatic rings. The molecule has 0 spiro atoms. The monoisotopic (exact) mass is 270 g/mol. The quantitative estimate of drug-likeness (QED) is 0.497. The van der Waals surface area contributed by atoms with Crippen LogP contribution in [0.25, 0.3) is 0 Å². The molecule has 20 heavy (non-hydrogen) atoms. The fourth-order valence-corrected chi connectivity index (χ4v) is 1.79. The molecule has 0 atom stereocenters. The highest BCUT2D eigenvalue weighted by atomic mass is 16.6. The lowest BCUT2D eigenvalue weighted by Gasteiger charge is -2.04. The maximum absolute atomic E-state index is 12.0. The van der Waals surface area contributed by atoms with Crippen LogP contribution in [-0.4, -0.2) is 23.5 Å². The molecular formula is C16H14O4. The summed E-state index contributed by atoms with van der Waals surface area (Å²) in [4.78, 5) is 23.9. The molecule has 0 saturated heterocycles. The summed E-state index contributed by atoms with van der Waals surface area (Å²) in [6, 6.07) is 15.0. The first-order valence-electron chi connectivity index (χ1n) is 6.16. The number of benzene rings is 2. The lowest BCUT2D eigenvalue weighted by atomic mass is 10.0. The number of ether oxygens (including phenoxy) is 1. The van der Waals surface area contributed by atoms with Crippen LogP contribution in [-0.2, 0) is 0 Å². The van der Waals surface area contributed by atoms with Crippen molar-refractivity contribution in [3.05, 3.63) is 65.7 Å². The van der Waals surface area contributed by atoms with E-state index in [4.69, 9.17) is 9.84 Å². The molecule has 2 aromatic carbocycles. The van der Waals surface area contributed by atoms with E-state index < -0.39 is 6.79 Å². The molecule has 1 N–H and O–H groups in total. The average molecular weight is 270 g/mol. The number of aliphatic hydroxyl groups excluding tert-OH is 1. The van der Waals surface area contributed by atoms with E-state index in [0.29, 0.717) is 16.9 Å². The SMILES string of the molecule is O=C(CC(=O)c1ccc(OCO)cc1)c1ccccc1. The Hall–Kier alpha value is -2.46. The first-order valence-corrected chi connectivity index (χ1v) is 6.16. The minimum Gasteiger partial charge on any atom is -0.468 e. The van der Waals surface area contributed by atoms with Crippen LogP contribution >= 0.6 is 0 Å². The molecule has 102 valence electrons. The Kier molecular flexibility index (Phi) is 4.63. The fourth-order valence-electron chi connectivity index (χ4n) is 1.79. The summed E-state index contributed by atoms with van der Waals surface area (Å²) in [6.07, 6.45) is -0.162. The van der Waals surface area contributed by atoms with Gasteiger partial charge in [0.2, 0.25) is 0 Å². The van der Waals surface area contributed by atoms with Gasteiger partial charge in [-0.2, -0.15) is 0 Å². The Morgan fingerprint density at radius 2 is 1.40 bits per heavy atom. The van der Waals surface area contributed by atoms with Crippen LogP contribution in [0.5, 0.6) is 5.75 Å². The van der Waals surface area contributed by atoms with E-state index in [0.717, 1.165) is 0 Å². The summed E-state index contributed by atoms with van der Waals surface area (Å²) in [7, 11) is 0. The van der Waals surface area contributed by atoms with Crippen molar-refractivity contribution in [1.82, 2.24) is 0 Å². The molecule has 0 heterocycles. The Bertz CT molecular complexity index is 588. The summed E-state index contributed by atoms with van der Waals surface area (Å²) >= 11 is 0. The van der Waals surface area contributed by atoms with Crippen molar-refractivity contribution < 1.29 is 19.4 Å². The zero-order chi connectivity index (χ0) is 14.4. The van der Waals surface area contributed by atoms with Gasteiger partial charge >= 0.3 is 0 Å². The topological polar surface area (TPSA) is 63.6 Å². The van der Waals surface area contributed by atoms with E-state index in [1.165, 1.54) is 0 Å². The molecule has 0 radical (unpaired) electrons. The highest BCUT2D eigenvalue weighted by Crippen LogP contribution is 2.14. The van der Waals surface area contributed by atoms with Crippen molar-refractivity contribution in [2.24, 2.45) is 0 Å². The van der Waals surface area contributed by atoms with Crippen LogP contribution in [0.1, 0.15) is 27.1 Å². The van der Waals surface area contributed by atoms with Gasteiger partial charge in [-0.3, -0.25) is 9.59 Å². The van der Waals surface area contributed by atoms with Crippen LogP contribution in [0.3, 0.4) is 0 Å². The summed E-state index contributed by atoms with van der Waals surface area (Å²) in [5.41, 5.74) is 0.973. The molecule has 0 unspecified atom stereocenters. The van der Waals surface area contributed by atoms with Gasteiger partial charge in [-0.15, -0.1) is 0 Å². The normalized spacial score (nSPS) is 10.1. The van der Waals surface area contributed by atoms with Crippen LogP contribution < -0.4 is 4.74 Å². The molecule has 0 fully saturated rings. The van der Waals surface area contributed by atoms with Crippen molar-refractivity contribution in [2.45, 2.75) is 6.42 Å². The molecule has 0 bridgehead atoms. The average Bonchev–Trinajstić information content (AvgIpc) is 2.49. The van der Waals surface area contributed by atoms with Gasteiger partial charge in [-0.25, -0.2) is 0 Å². The van der Waals surface area contributed by atoms with Gasteiger partial charge in [0.1, 0.15) is 5.75 Å². The molecule has 0 amide bonds. The van der Waals surface area contributed by atoms with Gasteiger partial charge in [-0.05, 0) is 24.3 Å². The van der Waals surface area contributed by atoms with Crippen LogP contribution in [0.15, 0.2) is 54.6 Å². The number of hydrogen-bond acceptors (Lipinski definition) is 4. The molecular weight excluding hydrogens is 256 g/mol. The number of hydrogen-bond donors (Lipinski definition) is 1. The smallest absolute Gasteiger partial charge is 0.186 e. The lowest BCUT2D eigenvalue weighted by Crippen LogP contribution is -2.08. The van der Waals surface area contributed by atoms with E-state index >= 15 is 0 Å². The van der Waals surface area contributed by atoms with Gasteiger partial charge in [-0.1, -0.05) is 30.3 Å². The molecule has 0 saturated carbocycles. The third-order valence-electron chi connectivity index (χ3n) is 2.82. The van der Waals surface area contributed by atoms with Crippen molar-refractivity contribution in [1.29, 1.82) is 0 Å². The predicted molar refractivity (Wildman–Crippen MR) is 73.9 cm³/mol. The third kappa shape index (κ3) is 3.52. The molecule has 2 rings (SSSR count). The van der Waals surface area contributed by atoms with E-state index in [2.05, 4.69) is 0 Å². The maximum Gasteiger partial charge on any atom is 0.186 e. The highest BCUT2D eigenvalue weighted by molar-refractivity contribution is 6.13. The largest absolute Gasteiger partial charge is 0.468 e. The molecule has 4 heteroatoms. The molecule has 0 aliphatic heterocycles. The second-order valence-corrected chi connectivity index (χ2v) is 4.19. The summed E-state index contributed by atoms with van der Waals surface area (Å²) in [6.45, 7) is -0.417. The maximum atomic E-state index is 12.0. The van der Waals surface area contributed by atoms with E-state index in [-0.39, 0.29) is 18.0 Å². The standard InChI is InChI=1S/C16H14O4/c17-11-20-14-8-6-13(7-9-14)16(19)10-15(18)12-4-2-1-3-5-12/h1-9,17H,10-11H2. The number of rotatable bonds is 6. The third-order valence-corrected chi connectivity index (χ3v) is 2.82. The second kappa shape index (κ2) is 6.63. The predicted octanol–water partition coefficient (Wildman–Crippen LogP) is 2.47. The highest BCUT2D eigenvalue weighted by Gasteiger charge is 2.13. The van der Waals surface area contributed by atoms with Crippen molar-refractivity contribution in [3.8, 4) is 5.75 Å². The minimum absolute atomic E-state index is 0.162. The zero-order valence-electron chi connectivity index (χ0n) is 10.8. The van der Waals surface area contributed by atoms with Gasteiger partial charge in [0, 0.05) is 11.1 Å². The van der Waals surface area contributed by atoms with E-state index in [1.54, 1.807) is 48.5 Å². The Labute approximate surface area is 116 Å². The number of carbonyl (C=O) groups is 2. The van der Waals surface area contributed by atoms with Crippen LogP contribution in [0.4, 0.5) is 0 Å². The van der Waals surface area contributed by atoms with E-state index in [1.807, 2.05) is 6.07 Å².